The van der Waals surface area contributed by atoms with Crippen LogP contribution in [-0.4, -0.2) is 40.5 Å². The van der Waals surface area contributed by atoms with Crippen LogP contribution >= 0.6 is 0 Å². The molecule has 126 valence electrons. The normalized spacial score (nSPS) is 24.1. The third kappa shape index (κ3) is 2.73. The van der Waals surface area contributed by atoms with Crippen LogP contribution in [0.5, 0.6) is 0 Å². The molecule has 1 saturated carbocycles. The average molecular weight is 325 g/mol. The molecule has 1 amide bonds. The average Bonchev–Trinajstić information content (AvgIpc) is 3.21. The number of ether oxygens (including phenoxy) is 1. The van der Waals surface area contributed by atoms with Crippen LogP contribution in [0.25, 0.3) is 0 Å². The molecule has 2 aromatic rings. The standard InChI is InChI=1S/C19H23N3O2/c1-24-16-11-17(18-20-8-9-21-18)22(12-16)19(23)15-7-3-6-14(10-15)13-4-2-5-13/h3,6-10,13,16-17H,2,4-5,11-12H2,1H3,(H,20,21)/t16-,17?/m1/s1. The SMILES string of the molecule is CO[C@@H]1CC(c2ncc[nH]2)N(C(=O)c2cccc(C3CCC3)c2)C1. The predicted octanol–water partition coefficient (Wildman–Crippen LogP) is 3.28. The van der Waals surface area contributed by atoms with Gasteiger partial charge in [-0.15, -0.1) is 0 Å². The Bertz CT molecular complexity index is 709. The number of aromatic amines is 1. The molecule has 2 heterocycles. The fourth-order valence-electron chi connectivity index (χ4n) is 3.74. The molecular formula is C19H23N3O2. The quantitative estimate of drug-likeness (QED) is 0.938. The molecule has 1 unspecified atom stereocenters. The lowest BCUT2D eigenvalue weighted by atomic mass is 9.79. The van der Waals surface area contributed by atoms with E-state index in [1.165, 1.54) is 24.8 Å². The van der Waals surface area contributed by atoms with Crippen molar-refractivity contribution in [2.75, 3.05) is 13.7 Å². The van der Waals surface area contributed by atoms with Crippen LogP contribution in [0.4, 0.5) is 0 Å². The molecule has 2 fully saturated rings. The summed E-state index contributed by atoms with van der Waals surface area (Å²) in [6.45, 7) is 0.606. The molecule has 1 aromatic heterocycles. The van der Waals surface area contributed by atoms with Gasteiger partial charge >= 0.3 is 0 Å². The molecule has 24 heavy (non-hydrogen) atoms. The van der Waals surface area contributed by atoms with E-state index in [4.69, 9.17) is 4.74 Å². The Morgan fingerprint density at radius 2 is 2.25 bits per heavy atom. The molecule has 2 aliphatic rings. The lowest BCUT2D eigenvalue weighted by Crippen LogP contribution is -2.32. The van der Waals surface area contributed by atoms with Gasteiger partial charge < -0.3 is 14.6 Å². The number of nitrogens with zero attached hydrogens (tertiary/aromatic N) is 2. The Labute approximate surface area is 142 Å². The number of rotatable bonds is 4. The number of hydrogen-bond donors (Lipinski definition) is 1. The number of methoxy groups -OCH3 is 1. The largest absolute Gasteiger partial charge is 0.380 e. The van der Waals surface area contributed by atoms with Crippen LogP contribution in [0.15, 0.2) is 36.7 Å². The molecule has 0 radical (unpaired) electrons. The van der Waals surface area contributed by atoms with E-state index in [-0.39, 0.29) is 18.1 Å². The van der Waals surface area contributed by atoms with E-state index in [1.807, 2.05) is 17.0 Å². The molecule has 5 nitrogen and oxygen atoms in total. The van der Waals surface area contributed by atoms with Crippen LogP contribution in [0.2, 0.25) is 0 Å². The van der Waals surface area contributed by atoms with Crippen molar-refractivity contribution >= 4 is 5.91 Å². The minimum absolute atomic E-state index is 0.0511. The second-order valence-corrected chi connectivity index (χ2v) is 6.79. The highest BCUT2D eigenvalue weighted by Crippen LogP contribution is 2.37. The van der Waals surface area contributed by atoms with Crippen molar-refractivity contribution in [2.24, 2.45) is 0 Å². The molecule has 2 atom stereocenters. The van der Waals surface area contributed by atoms with E-state index >= 15 is 0 Å². The van der Waals surface area contributed by atoms with Gasteiger partial charge in [0.25, 0.3) is 5.91 Å². The van der Waals surface area contributed by atoms with Crippen LogP contribution in [0.3, 0.4) is 0 Å². The summed E-state index contributed by atoms with van der Waals surface area (Å²) in [5.41, 5.74) is 2.07. The van der Waals surface area contributed by atoms with Crippen LogP contribution in [-0.2, 0) is 4.74 Å². The first-order valence-electron chi connectivity index (χ1n) is 8.69. The number of carbonyl (C=O) groups excluding carboxylic acids is 1. The summed E-state index contributed by atoms with van der Waals surface area (Å²) >= 11 is 0. The third-order valence-corrected chi connectivity index (χ3v) is 5.40. The lowest BCUT2D eigenvalue weighted by Gasteiger charge is -2.27. The predicted molar refractivity (Wildman–Crippen MR) is 90.8 cm³/mol. The molecular weight excluding hydrogens is 302 g/mol. The third-order valence-electron chi connectivity index (χ3n) is 5.40. The van der Waals surface area contributed by atoms with Gasteiger partial charge in [-0.3, -0.25) is 4.79 Å². The Hall–Kier alpha value is -2.14. The number of hydrogen-bond acceptors (Lipinski definition) is 3. The maximum atomic E-state index is 13.1. The Kier molecular flexibility index (Phi) is 4.10. The maximum absolute atomic E-state index is 13.1. The van der Waals surface area contributed by atoms with Crippen molar-refractivity contribution in [2.45, 2.75) is 43.7 Å². The number of imidazole rings is 1. The second kappa shape index (κ2) is 6.40. The van der Waals surface area contributed by atoms with Crippen molar-refractivity contribution in [3.63, 3.8) is 0 Å². The number of H-pyrrole nitrogens is 1. The van der Waals surface area contributed by atoms with Crippen LogP contribution in [0.1, 0.15) is 59.4 Å². The molecule has 1 aliphatic heterocycles. The monoisotopic (exact) mass is 325 g/mol. The summed E-state index contributed by atoms with van der Waals surface area (Å²) in [5.74, 6) is 1.53. The number of likely N-dealkylation sites (tertiary alicyclic amines) is 1. The number of nitrogens with one attached hydrogen (secondary N) is 1. The molecule has 0 spiro atoms. The van der Waals surface area contributed by atoms with Gasteiger partial charge in [-0.25, -0.2) is 4.98 Å². The molecule has 1 saturated heterocycles. The number of aromatic nitrogens is 2. The Morgan fingerprint density at radius 1 is 1.38 bits per heavy atom. The van der Waals surface area contributed by atoms with Gasteiger partial charge in [-0.2, -0.15) is 0 Å². The van der Waals surface area contributed by atoms with E-state index in [2.05, 4.69) is 22.1 Å². The van der Waals surface area contributed by atoms with E-state index < -0.39 is 0 Å². The molecule has 5 heteroatoms. The number of carbonyl (C=O) groups is 1. The first kappa shape index (κ1) is 15.4. The zero-order chi connectivity index (χ0) is 16.5. The summed E-state index contributed by atoms with van der Waals surface area (Å²) in [6, 6.07) is 8.10. The Balaban J connectivity index is 1.60. The van der Waals surface area contributed by atoms with Crippen molar-refractivity contribution in [3.8, 4) is 0 Å². The smallest absolute Gasteiger partial charge is 0.254 e. The van der Waals surface area contributed by atoms with Crippen molar-refractivity contribution < 1.29 is 9.53 Å². The van der Waals surface area contributed by atoms with E-state index in [0.29, 0.717) is 12.5 Å². The maximum Gasteiger partial charge on any atom is 0.254 e. The highest BCUT2D eigenvalue weighted by Gasteiger charge is 2.38. The van der Waals surface area contributed by atoms with Gasteiger partial charge in [0.05, 0.1) is 12.1 Å². The summed E-state index contributed by atoms with van der Waals surface area (Å²) in [7, 11) is 1.70. The Morgan fingerprint density at radius 3 is 2.92 bits per heavy atom. The van der Waals surface area contributed by atoms with E-state index in [9.17, 15) is 4.79 Å². The fraction of sp³-hybridized carbons (Fsp3) is 0.474. The van der Waals surface area contributed by atoms with Crippen LogP contribution in [0, 0.1) is 0 Å². The highest BCUT2D eigenvalue weighted by molar-refractivity contribution is 5.95. The summed E-state index contributed by atoms with van der Waals surface area (Å²) < 4.78 is 5.51. The summed E-state index contributed by atoms with van der Waals surface area (Å²) in [4.78, 5) is 22.5. The molecule has 1 aromatic carbocycles. The highest BCUT2D eigenvalue weighted by atomic mass is 16.5. The minimum Gasteiger partial charge on any atom is -0.380 e. The minimum atomic E-state index is -0.0511. The molecule has 4 rings (SSSR count). The summed E-state index contributed by atoms with van der Waals surface area (Å²) in [6.07, 6.45) is 8.14. The zero-order valence-corrected chi connectivity index (χ0v) is 13.9. The first-order chi connectivity index (χ1) is 11.8. The van der Waals surface area contributed by atoms with Gasteiger partial charge in [0.15, 0.2) is 0 Å². The van der Waals surface area contributed by atoms with Crippen LogP contribution < -0.4 is 0 Å². The first-order valence-corrected chi connectivity index (χ1v) is 8.69. The number of amides is 1. The number of benzene rings is 1. The zero-order valence-electron chi connectivity index (χ0n) is 13.9. The molecule has 0 bridgehead atoms. The molecule has 1 aliphatic carbocycles. The second-order valence-electron chi connectivity index (χ2n) is 6.79. The van der Waals surface area contributed by atoms with Gasteiger partial charge in [-0.05, 0) is 36.5 Å². The van der Waals surface area contributed by atoms with Crippen molar-refractivity contribution in [1.82, 2.24) is 14.9 Å². The fourth-order valence-corrected chi connectivity index (χ4v) is 3.74. The van der Waals surface area contributed by atoms with Gasteiger partial charge in [-0.1, -0.05) is 18.6 Å². The van der Waals surface area contributed by atoms with E-state index in [0.717, 1.165) is 17.8 Å². The van der Waals surface area contributed by atoms with Gasteiger partial charge in [0, 0.05) is 38.0 Å². The molecule has 1 N–H and O–H groups in total. The van der Waals surface area contributed by atoms with Gasteiger partial charge in [0.1, 0.15) is 5.82 Å². The topological polar surface area (TPSA) is 58.2 Å². The van der Waals surface area contributed by atoms with Crippen molar-refractivity contribution in [3.05, 3.63) is 53.6 Å². The van der Waals surface area contributed by atoms with Crippen molar-refractivity contribution in [1.29, 1.82) is 0 Å². The van der Waals surface area contributed by atoms with Gasteiger partial charge in [0.2, 0.25) is 0 Å². The summed E-state index contributed by atoms with van der Waals surface area (Å²) in [5, 5.41) is 0. The van der Waals surface area contributed by atoms with E-state index in [1.54, 1.807) is 19.5 Å². The lowest BCUT2D eigenvalue weighted by molar-refractivity contribution is 0.0684.